The Morgan fingerprint density at radius 3 is 2.16 bits per heavy atom. The van der Waals surface area contributed by atoms with Crippen LogP contribution in [0.4, 0.5) is 0 Å². The molecule has 0 fully saturated rings. The van der Waals surface area contributed by atoms with Crippen molar-refractivity contribution in [3.63, 3.8) is 0 Å². The van der Waals surface area contributed by atoms with Gasteiger partial charge in [-0.15, -0.1) is 0 Å². The first-order valence-electron chi connectivity index (χ1n) is 6.55. The van der Waals surface area contributed by atoms with Crippen molar-refractivity contribution in [3.8, 4) is 22.3 Å². The second-order valence-electron chi connectivity index (χ2n) is 5.17. The quantitative estimate of drug-likeness (QED) is 0.394. The van der Waals surface area contributed by atoms with Gasteiger partial charge in [0.2, 0.25) is 0 Å². The van der Waals surface area contributed by atoms with Crippen molar-refractivity contribution in [2.24, 2.45) is 0 Å². The van der Waals surface area contributed by atoms with Crippen LogP contribution < -0.4 is 0 Å². The van der Waals surface area contributed by atoms with Gasteiger partial charge in [0.15, 0.2) is 0 Å². The number of rotatable bonds is 0. The first kappa shape index (κ1) is 9.40. The fourth-order valence-corrected chi connectivity index (χ4v) is 3.34. The smallest absolute Gasteiger partial charge is 0.0460 e. The van der Waals surface area contributed by atoms with Gasteiger partial charge in [0.1, 0.15) is 0 Å². The highest BCUT2D eigenvalue weighted by molar-refractivity contribution is 6.17. The molecule has 3 aromatic carbocycles. The molecule has 0 unspecified atom stereocenters. The Morgan fingerprint density at radius 2 is 1.37 bits per heavy atom. The Balaban J connectivity index is 2.05. The summed E-state index contributed by atoms with van der Waals surface area (Å²) >= 11 is 0. The third-order valence-electron chi connectivity index (χ3n) is 4.18. The van der Waals surface area contributed by atoms with E-state index in [1.165, 1.54) is 43.9 Å². The maximum absolute atomic E-state index is 3.31. The molecule has 4 aromatic rings. The molecule has 0 aliphatic heterocycles. The third kappa shape index (κ3) is 1.06. The Labute approximate surface area is 110 Å². The lowest BCUT2D eigenvalue weighted by molar-refractivity contribution is 1.48. The largest absolute Gasteiger partial charge is 0.361 e. The molecular weight excluding hydrogens is 230 g/mol. The zero-order chi connectivity index (χ0) is 12.4. The van der Waals surface area contributed by atoms with Crippen LogP contribution in [-0.4, -0.2) is 4.98 Å². The molecule has 1 heterocycles. The third-order valence-corrected chi connectivity index (χ3v) is 4.18. The summed E-state index contributed by atoms with van der Waals surface area (Å²) in [6, 6.07) is 19.9. The molecule has 0 saturated carbocycles. The minimum Gasteiger partial charge on any atom is -0.361 e. The van der Waals surface area contributed by atoms with Crippen LogP contribution in [0.5, 0.6) is 0 Å². The van der Waals surface area contributed by atoms with Crippen LogP contribution in [0.25, 0.3) is 43.9 Å². The summed E-state index contributed by atoms with van der Waals surface area (Å²) in [5.41, 5.74) is 6.65. The highest BCUT2D eigenvalue weighted by Crippen LogP contribution is 2.48. The lowest BCUT2D eigenvalue weighted by Gasteiger charge is -2.02. The van der Waals surface area contributed by atoms with Crippen LogP contribution in [0.1, 0.15) is 0 Å². The summed E-state index contributed by atoms with van der Waals surface area (Å²) in [6.07, 6.45) is 2.01. The van der Waals surface area contributed by atoms with Crippen molar-refractivity contribution < 1.29 is 0 Å². The average molecular weight is 241 g/mol. The molecule has 0 bridgehead atoms. The van der Waals surface area contributed by atoms with Gasteiger partial charge in [0, 0.05) is 17.1 Å². The molecule has 0 atom stereocenters. The number of benzene rings is 3. The number of fused-ring (bicyclic) bond motifs is 4. The van der Waals surface area contributed by atoms with E-state index in [0.29, 0.717) is 0 Å². The number of hydrogen-bond acceptors (Lipinski definition) is 0. The molecule has 1 aliphatic carbocycles. The van der Waals surface area contributed by atoms with Gasteiger partial charge in [-0.05, 0) is 51.2 Å². The molecule has 88 valence electrons. The van der Waals surface area contributed by atoms with Gasteiger partial charge >= 0.3 is 0 Å². The Morgan fingerprint density at radius 1 is 0.632 bits per heavy atom. The summed E-state index contributed by atoms with van der Waals surface area (Å²) < 4.78 is 0. The minimum atomic E-state index is 1.21. The second-order valence-corrected chi connectivity index (χ2v) is 5.17. The highest BCUT2D eigenvalue weighted by atomic mass is 14.7. The highest BCUT2D eigenvalue weighted by Gasteiger charge is 2.21. The first-order valence-corrected chi connectivity index (χ1v) is 6.55. The normalized spacial score (nSPS) is 12.2. The second kappa shape index (κ2) is 3.07. The minimum absolute atomic E-state index is 1.21. The number of aromatic amines is 1. The van der Waals surface area contributed by atoms with Crippen LogP contribution in [0.3, 0.4) is 0 Å². The topological polar surface area (TPSA) is 15.8 Å². The lowest BCUT2D eigenvalue weighted by atomic mass is 10.0. The SMILES string of the molecule is c1cc2c3c(cccc3c1)-c1cc3[nH]ccc3cc1-2. The van der Waals surface area contributed by atoms with Gasteiger partial charge in [-0.25, -0.2) is 0 Å². The molecule has 1 N–H and O–H groups in total. The summed E-state index contributed by atoms with van der Waals surface area (Å²) in [4.78, 5) is 3.31. The van der Waals surface area contributed by atoms with Crippen molar-refractivity contribution in [2.45, 2.75) is 0 Å². The van der Waals surface area contributed by atoms with Crippen LogP contribution in [-0.2, 0) is 0 Å². The van der Waals surface area contributed by atoms with Crippen LogP contribution in [0.2, 0.25) is 0 Å². The van der Waals surface area contributed by atoms with Crippen molar-refractivity contribution in [2.75, 3.05) is 0 Å². The van der Waals surface area contributed by atoms with Gasteiger partial charge in [-0.2, -0.15) is 0 Å². The van der Waals surface area contributed by atoms with E-state index in [0.717, 1.165) is 0 Å². The molecule has 0 amide bonds. The fraction of sp³-hybridized carbons (Fsp3) is 0. The zero-order valence-electron chi connectivity index (χ0n) is 10.3. The summed E-state index contributed by atoms with van der Waals surface area (Å²) in [6.45, 7) is 0. The van der Waals surface area contributed by atoms with Gasteiger partial charge in [0.05, 0.1) is 0 Å². The standard InChI is InChI=1S/C18H11N/c1-3-11-4-2-6-14-16-10-17-12(7-8-19-17)9-15(16)13(5-1)18(11)14/h1-10,19H. The van der Waals surface area contributed by atoms with Crippen molar-refractivity contribution in [3.05, 3.63) is 60.8 Å². The van der Waals surface area contributed by atoms with E-state index in [1.54, 1.807) is 0 Å². The molecule has 1 aliphatic rings. The first-order chi connectivity index (χ1) is 9.42. The van der Waals surface area contributed by atoms with Gasteiger partial charge in [0.25, 0.3) is 0 Å². The number of H-pyrrole nitrogens is 1. The van der Waals surface area contributed by atoms with Crippen molar-refractivity contribution >= 4 is 21.7 Å². The van der Waals surface area contributed by atoms with E-state index in [-0.39, 0.29) is 0 Å². The van der Waals surface area contributed by atoms with Crippen molar-refractivity contribution in [1.29, 1.82) is 0 Å². The lowest BCUT2D eigenvalue weighted by Crippen LogP contribution is -1.77. The van der Waals surface area contributed by atoms with Gasteiger partial charge in [-0.1, -0.05) is 36.4 Å². The van der Waals surface area contributed by atoms with Crippen LogP contribution in [0, 0.1) is 0 Å². The van der Waals surface area contributed by atoms with Crippen LogP contribution in [0.15, 0.2) is 60.8 Å². The molecule has 19 heavy (non-hydrogen) atoms. The monoisotopic (exact) mass is 241 g/mol. The molecule has 0 spiro atoms. The average Bonchev–Trinajstić information content (AvgIpc) is 3.02. The molecule has 1 aromatic heterocycles. The summed E-state index contributed by atoms with van der Waals surface area (Å²) in [7, 11) is 0. The van der Waals surface area contributed by atoms with E-state index in [4.69, 9.17) is 0 Å². The van der Waals surface area contributed by atoms with E-state index < -0.39 is 0 Å². The van der Waals surface area contributed by atoms with Crippen LogP contribution >= 0.6 is 0 Å². The Hall–Kier alpha value is -2.54. The maximum Gasteiger partial charge on any atom is 0.0460 e. The number of hydrogen-bond donors (Lipinski definition) is 1. The van der Waals surface area contributed by atoms with Gasteiger partial charge < -0.3 is 4.98 Å². The molecule has 0 radical (unpaired) electrons. The molecule has 0 saturated heterocycles. The Bertz CT molecular complexity index is 887. The Kier molecular flexibility index (Phi) is 1.52. The van der Waals surface area contributed by atoms with Crippen molar-refractivity contribution in [1.82, 2.24) is 4.98 Å². The predicted molar refractivity (Wildman–Crippen MR) is 80.2 cm³/mol. The fourth-order valence-electron chi connectivity index (χ4n) is 3.34. The van der Waals surface area contributed by atoms with Gasteiger partial charge in [-0.3, -0.25) is 0 Å². The number of aromatic nitrogens is 1. The summed E-state index contributed by atoms with van der Waals surface area (Å²) in [5.74, 6) is 0. The maximum atomic E-state index is 3.31. The van der Waals surface area contributed by atoms with E-state index >= 15 is 0 Å². The number of nitrogens with one attached hydrogen (secondary N) is 1. The zero-order valence-corrected chi connectivity index (χ0v) is 10.3. The van der Waals surface area contributed by atoms with E-state index in [2.05, 4.69) is 59.6 Å². The molecular formula is C18H11N. The molecule has 1 heteroatoms. The molecule has 1 nitrogen and oxygen atoms in total. The predicted octanol–water partition coefficient (Wildman–Crippen LogP) is 4.97. The molecule has 5 rings (SSSR count). The van der Waals surface area contributed by atoms with E-state index in [1.807, 2.05) is 6.20 Å². The summed E-state index contributed by atoms with van der Waals surface area (Å²) in [5, 5.41) is 4.01. The van der Waals surface area contributed by atoms with E-state index in [9.17, 15) is 0 Å².